The predicted octanol–water partition coefficient (Wildman–Crippen LogP) is 6.73. The van der Waals surface area contributed by atoms with Gasteiger partial charge in [-0.2, -0.15) is 0 Å². The zero-order chi connectivity index (χ0) is 17.6. The molecule has 0 N–H and O–H groups in total. The van der Waals surface area contributed by atoms with E-state index in [-0.39, 0.29) is 0 Å². The summed E-state index contributed by atoms with van der Waals surface area (Å²) >= 11 is 0. The van der Waals surface area contributed by atoms with Crippen LogP contribution < -0.4 is 0 Å². The van der Waals surface area contributed by atoms with E-state index in [2.05, 4.69) is 115 Å². The predicted molar refractivity (Wildman–Crippen MR) is 110 cm³/mol. The first-order valence-electron chi connectivity index (χ1n) is 9.14. The van der Waals surface area contributed by atoms with E-state index in [0.717, 1.165) is 6.42 Å². The van der Waals surface area contributed by atoms with Crippen LogP contribution in [0.2, 0.25) is 0 Å². The van der Waals surface area contributed by atoms with Gasteiger partial charge in [-0.25, -0.2) is 0 Å². The summed E-state index contributed by atoms with van der Waals surface area (Å²) in [5.74, 6) is 0.364. The molecule has 0 radical (unpaired) electrons. The van der Waals surface area contributed by atoms with Gasteiger partial charge in [0.05, 0.1) is 0 Å². The van der Waals surface area contributed by atoms with Crippen LogP contribution in [0.15, 0.2) is 115 Å². The molecule has 1 unspecified atom stereocenters. The maximum absolute atomic E-state index is 2.28. The van der Waals surface area contributed by atoms with Gasteiger partial charge in [0, 0.05) is 5.92 Å². The summed E-state index contributed by atoms with van der Waals surface area (Å²) in [5.41, 5.74) is 6.62. The molecular formula is C26H22. The van der Waals surface area contributed by atoms with Crippen LogP contribution in [-0.4, -0.2) is 0 Å². The molecule has 0 heteroatoms. The molecule has 0 aliphatic heterocycles. The first-order chi connectivity index (χ1) is 12.9. The van der Waals surface area contributed by atoms with E-state index < -0.39 is 0 Å². The molecule has 0 aliphatic rings. The van der Waals surface area contributed by atoms with Gasteiger partial charge in [-0.05, 0) is 34.2 Å². The van der Waals surface area contributed by atoms with Crippen LogP contribution in [0.1, 0.15) is 22.6 Å². The first kappa shape index (κ1) is 16.4. The molecule has 4 rings (SSSR count). The molecule has 0 saturated heterocycles. The van der Waals surface area contributed by atoms with Gasteiger partial charge in [0.1, 0.15) is 0 Å². The molecule has 0 bridgehead atoms. The van der Waals surface area contributed by atoms with Crippen LogP contribution >= 0.6 is 0 Å². The number of hydrogen-bond donors (Lipinski definition) is 0. The Morgan fingerprint density at radius 3 is 1.50 bits per heavy atom. The lowest BCUT2D eigenvalue weighted by molar-refractivity contribution is 0.805. The van der Waals surface area contributed by atoms with Gasteiger partial charge in [0.25, 0.3) is 0 Å². The van der Waals surface area contributed by atoms with Crippen molar-refractivity contribution >= 4 is 0 Å². The normalized spacial score (nSPS) is 11.8. The molecule has 4 aromatic carbocycles. The van der Waals surface area contributed by atoms with E-state index in [4.69, 9.17) is 0 Å². The van der Waals surface area contributed by atoms with Gasteiger partial charge in [0.2, 0.25) is 0 Å². The highest BCUT2D eigenvalue weighted by atomic mass is 14.2. The van der Waals surface area contributed by atoms with E-state index in [9.17, 15) is 0 Å². The fraction of sp³-hybridized carbons (Fsp3) is 0.0769. The fourth-order valence-electron chi connectivity index (χ4n) is 3.50. The van der Waals surface area contributed by atoms with Gasteiger partial charge in [-0.3, -0.25) is 0 Å². The Morgan fingerprint density at radius 1 is 0.423 bits per heavy atom. The summed E-state index contributed by atoms with van der Waals surface area (Å²) in [6.07, 6.45) is 1.01. The van der Waals surface area contributed by atoms with E-state index in [0.29, 0.717) is 5.92 Å². The van der Waals surface area contributed by atoms with Gasteiger partial charge >= 0.3 is 0 Å². The van der Waals surface area contributed by atoms with E-state index in [1.54, 1.807) is 0 Å². The highest BCUT2D eigenvalue weighted by molar-refractivity contribution is 5.63. The molecule has 0 spiro atoms. The topological polar surface area (TPSA) is 0 Å². The Morgan fingerprint density at radius 2 is 0.885 bits per heavy atom. The van der Waals surface area contributed by atoms with E-state index in [1.807, 2.05) is 0 Å². The van der Waals surface area contributed by atoms with Crippen LogP contribution in [0.5, 0.6) is 0 Å². The summed E-state index contributed by atoms with van der Waals surface area (Å²) in [5, 5.41) is 0. The van der Waals surface area contributed by atoms with Crippen molar-refractivity contribution in [1.29, 1.82) is 0 Å². The van der Waals surface area contributed by atoms with Crippen molar-refractivity contribution in [3.05, 3.63) is 132 Å². The molecule has 0 amide bonds. The van der Waals surface area contributed by atoms with Crippen molar-refractivity contribution in [2.75, 3.05) is 0 Å². The second kappa shape index (κ2) is 7.84. The molecule has 4 aromatic rings. The summed E-state index contributed by atoms with van der Waals surface area (Å²) in [4.78, 5) is 0. The molecule has 0 heterocycles. The van der Waals surface area contributed by atoms with Crippen LogP contribution in [0.25, 0.3) is 11.1 Å². The van der Waals surface area contributed by atoms with Crippen molar-refractivity contribution in [2.45, 2.75) is 12.3 Å². The lowest BCUT2D eigenvalue weighted by Crippen LogP contribution is -2.05. The zero-order valence-corrected chi connectivity index (χ0v) is 14.8. The maximum atomic E-state index is 2.28. The molecule has 126 valence electrons. The summed E-state index contributed by atoms with van der Waals surface area (Å²) in [6.45, 7) is 0. The van der Waals surface area contributed by atoms with E-state index in [1.165, 1.54) is 27.8 Å². The summed E-state index contributed by atoms with van der Waals surface area (Å²) in [6, 6.07) is 41.2. The Balaban J connectivity index is 1.67. The Hall–Kier alpha value is -3.12. The molecule has 0 saturated carbocycles. The Bertz CT molecular complexity index is 923. The van der Waals surface area contributed by atoms with Crippen LogP contribution in [0.4, 0.5) is 0 Å². The standard InChI is InChI=1S/C26H22/c1-4-10-21(11-5-1)20-26(24-14-8-3-9-15-24)25-18-16-23(17-19-25)22-12-6-2-7-13-22/h1-19,26H,20H2. The Kier molecular flexibility index (Phi) is 4.93. The minimum atomic E-state index is 0.364. The maximum Gasteiger partial charge on any atom is 0.0130 e. The van der Waals surface area contributed by atoms with Crippen molar-refractivity contribution in [2.24, 2.45) is 0 Å². The molecule has 0 fully saturated rings. The quantitative estimate of drug-likeness (QED) is 0.379. The third-order valence-corrected chi connectivity index (χ3v) is 4.90. The van der Waals surface area contributed by atoms with Gasteiger partial charge in [-0.15, -0.1) is 0 Å². The minimum absolute atomic E-state index is 0.364. The van der Waals surface area contributed by atoms with Gasteiger partial charge in [-0.1, -0.05) is 115 Å². The molecule has 0 aliphatic carbocycles. The fourth-order valence-corrected chi connectivity index (χ4v) is 3.50. The average molecular weight is 334 g/mol. The van der Waals surface area contributed by atoms with E-state index >= 15 is 0 Å². The van der Waals surface area contributed by atoms with Crippen molar-refractivity contribution in [3.8, 4) is 11.1 Å². The minimum Gasteiger partial charge on any atom is -0.0622 e. The largest absolute Gasteiger partial charge is 0.0622 e. The number of hydrogen-bond acceptors (Lipinski definition) is 0. The lowest BCUT2D eigenvalue weighted by atomic mass is 9.85. The third-order valence-electron chi connectivity index (χ3n) is 4.90. The molecule has 26 heavy (non-hydrogen) atoms. The van der Waals surface area contributed by atoms with Crippen LogP contribution in [0, 0.1) is 0 Å². The lowest BCUT2D eigenvalue weighted by Gasteiger charge is -2.19. The van der Waals surface area contributed by atoms with Crippen molar-refractivity contribution < 1.29 is 0 Å². The van der Waals surface area contributed by atoms with Gasteiger partial charge in [0.15, 0.2) is 0 Å². The van der Waals surface area contributed by atoms with Crippen molar-refractivity contribution in [1.82, 2.24) is 0 Å². The monoisotopic (exact) mass is 334 g/mol. The second-order valence-corrected chi connectivity index (χ2v) is 6.64. The third kappa shape index (κ3) is 3.75. The van der Waals surface area contributed by atoms with Crippen molar-refractivity contribution in [3.63, 3.8) is 0 Å². The highest BCUT2D eigenvalue weighted by Gasteiger charge is 2.15. The number of benzene rings is 4. The Labute approximate surface area is 155 Å². The highest BCUT2D eigenvalue weighted by Crippen LogP contribution is 2.30. The molecule has 0 nitrogen and oxygen atoms in total. The average Bonchev–Trinajstić information content (AvgIpc) is 2.74. The smallest absolute Gasteiger partial charge is 0.0130 e. The first-order valence-corrected chi connectivity index (χ1v) is 9.14. The van der Waals surface area contributed by atoms with Crippen LogP contribution in [0.3, 0.4) is 0 Å². The molecule has 1 atom stereocenters. The SMILES string of the molecule is c1ccc(CC(c2ccccc2)c2ccc(-c3ccccc3)cc2)cc1. The summed E-state index contributed by atoms with van der Waals surface area (Å²) in [7, 11) is 0. The summed E-state index contributed by atoms with van der Waals surface area (Å²) < 4.78 is 0. The number of rotatable bonds is 5. The second-order valence-electron chi connectivity index (χ2n) is 6.64. The molecular weight excluding hydrogens is 312 g/mol. The zero-order valence-electron chi connectivity index (χ0n) is 14.8. The van der Waals surface area contributed by atoms with Crippen LogP contribution in [-0.2, 0) is 6.42 Å². The molecule has 0 aromatic heterocycles. The van der Waals surface area contributed by atoms with Gasteiger partial charge < -0.3 is 0 Å².